The van der Waals surface area contributed by atoms with Crippen LogP contribution in [0, 0.1) is 0 Å². The molecule has 0 aliphatic carbocycles. The molecule has 0 fully saturated rings. The van der Waals surface area contributed by atoms with Crippen LogP contribution >= 0.6 is 0 Å². The lowest BCUT2D eigenvalue weighted by atomic mass is 9.92. The molecule has 0 N–H and O–H groups in total. The van der Waals surface area contributed by atoms with E-state index in [4.69, 9.17) is 4.98 Å². The van der Waals surface area contributed by atoms with Gasteiger partial charge in [-0.15, -0.1) is 0 Å². The van der Waals surface area contributed by atoms with Crippen LogP contribution in [0.25, 0.3) is 71.4 Å². The molecule has 0 bridgehead atoms. The molecule has 7 aromatic carbocycles. The Labute approximate surface area is 236 Å². The van der Waals surface area contributed by atoms with Crippen molar-refractivity contribution < 1.29 is 0 Å². The van der Waals surface area contributed by atoms with Crippen LogP contribution in [0.2, 0.25) is 0 Å². The summed E-state index contributed by atoms with van der Waals surface area (Å²) in [6.45, 7) is 0. The number of hydrogen-bond acceptors (Lipinski definition) is 2. The van der Waals surface area contributed by atoms with Crippen LogP contribution in [0.5, 0.6) is 0 Å². The fraction of sp³-hybridized carbons (Fsp3) is 0. The Morgan fingerprint density at radius 2 is 0.902 bits per heavy atom. The first-order valence-electron chi connectivity index (χ1n) is 13.8. The van der Waals surface area contributed by atoms with Crippen LogP contribution < -0.4 is 5.56 Å². The lowest BCUT2D eigenvalue weighted by molar-refractivity contribution is 0.976. The molecule has 3 nitrogen and oxygen atoms in total. The van der Waals surface area contributed by atoms with Crippen molar-refractivity contribution in [1.82, 2.24) is 9.55 Å². The van der Waals surface area contributed by atoms with Crippen LogP contribution in [0.3, 0.4) is 0 Å². The molecule has 192 valence electrons. The minimum Gasteiger partial charge on any atom is -0.268 e. The van der Waals surface area contributed by atoms with E-state index in [1.54, 1.807) is 4.57 Å². The Kier molecular flexibility index (Phi) is 5.29. The second kappa shape index (κ2) is 9.29. The molecule has 0 saturated carbocycles. The molecule has 0 saturated heterocycles. The van der Waals surface area contributed by atoms with E-state index in [9.17, 15) is 4.79 Å². The average Bonchev–Trinajstić information content (AvgIpc) is 3.05. The highest BCUT2D eigenvalue weighted by Crippen LogP contribution is 2.37. The number of fused-ring (bicyclic) bond motifs is 7. The van der Waals surface area contributed by atoms with E-state index in [-0.39, 0.29) is 5.56 Å². The molecule has 3 heteroatoms. The normalized spacial score (nSPS) is 11.5. The minimum absolute atomic E-state index is 0.0745. The molecule has 0 aliphatic heterocycles. The van der Waals surface area contributed by atoms with Gasteiger partial charge in [0.05, 0.1) is 16.6 Å². The second-order valence-electron chi connectivity index (χ2n) is 10.4. The third-order valence-electron chi connectivity index (χ3n) is 8.01. The van der Waals surface area contributed by atoms with Crippen molar-refractivity contribution in [3.8, 4) is 28.2 Å². The molecule has 0 spiro atoms. The van der Waals surface area contributed by atoms with E-state index in [2.05, 4.69) is 91.0 Å². The zero-order valence-corrected chi connectivity index (χ0v) is 22.2. The van der Waals surface area contributed by atoms with Crippen LogP contribution in [0.15, 0.2) is 150 Å². The van der Waals surface area contributed by atoms with E-state index < -0.39 is 0 Å². The summed E-state index contributed by atoms with van der Waals surface area (Å²) in [5.41, 5.74) is 4.56. The zero-order chi connectivity index (χ0) is 27.3. The zero-order valence-electron chi connectivity index (χ0n) is 22.2. The predicted molar refractivity (Wildman–Crippen MR) is 171 cm³/mol. The average molecular weight is 525 g/mol. The van der Waals surface area contributed by atoms with Crippen molar-refractivity contribution in [1.29, 1.82) is 0 Å². The van der Waals surface area contributed by atoms with Crippen LogP contribution in [-0.2, 0) is 0 Å². The van der Waals surface area contributed by atoms with Gasteiger partial charge in [0.1, 0.15) is 5.82 Å². The monoisotopic (exact) mass is 524 g/mol. The van der Waals surface area contributed by atoms with Crippen molar-refractivity contribution in [3.05, 3.63) is 156 Å². The van der Waals surface area contributed by atoms with Crippen LogP contribution in [0.4, 0.5) is 0 Å². The van der Waals surface area contributed by atoms with E-state index in [0.717, 1.165) is 22.4 Å². The van der Waals surface area contributed by atoms with Gasteiger partial charge in [-0.2, -0.15) is 0 Å². The maximum absolute atomic E-state index is 13.7. The summed E-state index contributed by atoms with van der Waals surface area (Å²) in [6.07, 6.45) is 0. The molecule has 8 rings (SSSR count). The summed E-state index contributed by atoms with van der Waals surface area (Å²) in [5, 5.41) is 8.18. The van der Waals surface area contributed by atoms with Crippen LogP contribution in [0.1, 0.15) is 0 Å². The van der Waals surface area contributed by atoms with E-state index >= 15 is 0 Å². The lowest BCUT2D eigenvalue weighted by Gasteiger charge is -2.15. The Morgan fingerprint density at radius 1 is 0.415 bits per heavy atom. The third-order valence-corrected chi connectivity index (χ3v) is 8.01. The highest BCUT2D eigenvalue weighted by atomic mass is 16.1. The molecule has 1 heterocycles. The van der Waals surface area contributed by atoms with Crippen molar-refractivity contribution in [2.45, 2.75) is 0 Å². The smallest absolute Gasteiger partial charge is 0.266 e. The highest BCUT2D eigenvalue weighted by molar-refractivity contribution is 6.25. The number of rotatable bonds is 3. The second-order valence-corrected chi connectivity index (χ2v) is 10.4. The molecular weight excluding hydrogens is 500 g/mol. The van der Waals surface area contributed by atoms with E-state index in [1.165, 1.54) is 32.3 Å². The molecule has 0 aliphatic rings. The summed E-state index contributed by atoms with van der Waals surface area (Å²) < 4.78 is 1.71. The van der Waals surface area contributed by atoms with Gasteiger partial charge in [-0.1, -0.05) is 115 Å². The van der Waals surface area contributed by atoms with Gasteiger partial charge >= 0.3 is 0 Å². The molecule has 41 heavy (non-hydrogen) atoms. The first-order chi connectivity index (χ1) is 20.3. The van der Waals surface area contributed by atoms with Crippen molar-refractivity contribution >= 4 is 43.2 Å². The van der Waals surface area contributed by atoms with E-state index in [0.29, 0.717) is 16.7 Å². The summed E-state index contributed by atoms with van der Waals surface area (Å²) in [5.74, 6) is 0.627. The molecule has 0 amide bonds. The molecule has 0 atom stereocenters. The SMILES string of the molecule is O=c1c2ccccc2nc(-c2ccc(-c3ccc4c5ccccc5c5ccccc5c4c3)cc2)n1-c1ccccc1. The molecule has 0 radical (unpaired) electrons. The fourth-order valence-corrected chi connectivity index (χ4v) is 6.04. The third kappa shape index (κ3) is 3.75. The van der Waals surface area contributed by atoms with Crippen molar-refractivity contribution in [2.24, 2.45) is 0 Å². The first-order valence-corrected chi connectivity index (χ1v) is 13.8. The minimum atomic E-state index is -0.0745. The maximum atomic E-state index is 13.7. The number of benzene rings is 7. The van der Waals surface area contributed by atoms with Crippen LogP contribution in [-0.4, -0.2) is 9.55 Å². The van der Waals surface area contributed by atoms with E-state index in [1.807, 2.05) is 54.6 Å². The van der Waals surface area contributed by atoms with Crippen molar-refractivity contribution in [3.63, 3.8) is 0 Å². The van der Waals surface area contributed by atoms with Gasteiger partial charge in [0.15, 0.2) is 0 Å². The molecular formula is C38H24N2O. The summed E-state index contributed by atoms with van der Waals surface area (Å²) in [6, 6.07) is 49.6. The molecule has 0 unspecified atom stereocenters. The van der Waals surface area contributed by atoms with Gasteiger partial charge in [-0.3, -0.25) is 9.36 Å². The summed E-state index contributed by atoms with van der Waals surface area (Å²) in [7, 11) is 0. The highest BCUT2D eigenvalue weighted by Gasteiger charge is 2.15. The number of para-hydroxylation sites is 2. The molecule has 1 aromatic heterocycles. The van der Waals surface area contributed by atoms with Crippen molar-refractivity contribution in [2.75, 3.05) is 0 Å². The van der Waals surface area contributed by atoms with Gasteiger partial charge in [0.25, 0.3) is 5.56 Å². The Balaban J connectivity index is 1.29. The number of hydrogen-bond donors (Lipinski definition) is 0. The fourth-order valence-electron chi connectivity index (χ4n) is 6.04. The maximum Gasteiger partial charge on any atom is 0.266 e. The summed E-state index contributed by atoms with van der Waals surface area (Å²) in [4.78, 5) is 18.6. The summed E-state index contributed by atoms with van der Waals surface area (Å²) >= 11 is 0. The first kappa shape index (κ1) is 23.4. The van der Waals surface area contributed by atoms with Gasteiger partial charge in [0, 0.05) is 5.56 Å². The quantitative estimate of drug-likeness (QED) is 0.216. The molecule has 8 aromatic rings. The topological polar surface area (TPSA) is 34.9 Å². The Hall–Kier alpha value is -5.54. The van der Waals surface area contributed by atoms with Gasteiger partial charge in [-0.05, 0) is 73.8 Å². The van der Waals surface area contributed by atoms with Gasteiger partial charge < -0.3 is 0 Å². The standard InChI is InChI=1S/C38H24N2O/c41-38-34-16-8-9-17-36(34)39-37(40(38)28-10-2-1-3-11-28)26-20-18-25(19-21-26)27-22-23-33-31-14-5-4-12-29(31)30-13-6-7-15-32(30)35(33)24-27/h1-24H. The largest absolute Gasteiger partial charge is 0.268 e. The van der Waals surface area contributed by atoms with Gasteiger partial charge in [0.2, 0.25) is 0 Å². The lowest BCUT2D eigenvalue weighted by Crippen LogP contribution is -2.21. The Morgan fingerprint density at radius 3 is 1.56 bits per heavy atom. The van der Waals surface area contributed by atoms with Gasteiger partial charge in [-0.25, -0.2) is 4.98 Å². The number of nitrogens with zero attached hydrogens (tertiary/aromatic N) is 2. The predicted octanol–water partition coefficient (Wildman–Crippen LogP) is 9.18. The number of aromatic nitrogens is 2. The Bertz CT molecular complexity index is 2280.